The number of aromatic nitrogens is 2. The first-order valence-electron chi connectivity index (χ1n) is 16.1. The summed E-state index contributed by atoms with van der Waals surface area (Å²) in [5, 5.41) is 3.34. The molecule has 46 heavy (non-hydrogen) atoms. The van der Waals surface area contributed by atoms with Crippen molar-refractivity contribution in [3.63, 3.8) is 0 Å². The predicted octanol–water partition coefficient (Wildman–Crippen LogP) is 10.1. The number of imidazole rings is 1. The molecule has 1 aromatic heterocycles. The van der Waals surface area contributed by atoms with Crippen LogP contribution in [0, 0.1) is 32.6 Å². The molecule has 7 aromatic rings. The van der Waals surface area contributed by atoms with Crippen molar-refractivity contribution >= 4 is 28.1 Å². The van der Waals surface area contributed by atoms with E-state index in [-0.39, 0.29) is 21.1 Å². The summed E-state index contributed by atoms with van der Waals surface area (Å²) in [5.41, 5.74) is 8.92. The van der Waals surface area contributed by atoms with Gasteiger partial charge in [0.25, 0.3) is 0 Å². The van der Waals surface area contributed by atoms with Gasteiger partial charge >= 0.3 is 6.01 Å². The maximum absolute atomic E-state index is 7.55. The Kier molecular flexibility index (Phi) is 8.22. The topological polar surface area (TPSA) is 42.3 Å². The minimum Gasteiger partial charge on any atom is -0.514 e. The number of nitrogens with zero attached hydrogens (tertiary/aromatic N) is 3. The van der Waals surface area contributed by atoms with E-state index >= 15 is 0 Å². The number of hydrogen-bond acceptors (Lipinski definition) is 4. The van der Waals surface area contributed by atoms with Gasteiger partial charge in [-0.25, -0.2) is 0 Å². The zero-order valence-electron chi connectivity index (χ0n) is 27.9. The van der Waals surface area contributed by atoms with Crippen LogP contribution < -0.4 is 15.0 Å². The predicted molar refractivity (Wildman–Crippen MR) is 183 cm³/mol. The number of rotatable bonds is 5. The SMILES string of the molecule is [2H]C([2H])([2H])c1c[c-]c(C)cc1-c1ccccc1.[Pt].[c-]1ccccc1Oc1nc2c(N3[CH-]Nc4ccccc43)cccc2n1-c1ccccc1. The van der Waals surface area contributed by atoms with Crippen LogP contribution in [0.25, 0.3) is 27.8 Å². The fourth-order valence-corrected chi connectivity index (χ4v) is 5.36. The summed E-state index contributed by atoms with van der Waals surface area (Å²) >= 11 is 0. The van der Waals surface area contributed by atoms with E-state index in [0.29, 0.717) is 17.3 Å². The standard InChI is InChI=1S/C26H18N4O.C14H13.Pt/c1-3-10-19(11-4-1)30-24-17-9-16-23(29-18-27-21-14-7-8-15-22(21)29)25(24)28-26(30)31-20-12-5-2-6-13-20;1-11-8-9-12(2)14(10-11)13-6-4-3-5-7-13;/h1-12,14-18,27H;3-7,9-10H,1-2H3;/q-2;-1;/i;2D3;. The molecular weight excluding hydrogens is 748 g/mol. The summed E-state index contributed by atoms with van der Waals surface area (Å²) in [7, 11) is 0. The summed E-state index contributed by atoms with van der Waals surface area (Å²) in [5.74, 6) is 0.622. The summed E-state index contributed by atoms with van der Waals surface area (Å²) < 4.78 is 30.9. The van der Waals surface area contributed by atoms with Crippen molar-refractivity contribution in [3.8, 4) is 28.6 Å². The summed E-state index contributed by atoms with van der Waals surface area (Å²) in [6.45, 7) is 1.78. The van der Waals surface area contributed by atoms with Gasteiger partial charge in [0, 0.05) is 48.0 Å². The van der Waals surface area contributed by atoms with E-state index in [4.69, 9.17) is 13.8 Å². The Bertz CT molecular complexity index is 2170. The Hall–Kier alpha value is -5.12. The average molecular weight is 782 g/mol. The van der Waals surface area contributed by atoms with Gasteiger partial charge in [0.15, 0.2) is 0 Å². The van der Waals surface area contributed by atoms with Crippen LogP contribution in [0.3, 0.4) is 0 Å². The van der Waals surface area contributed by atoms with E-state index in [0.717, 1.165) is 50.5 Å². The zero-order chi connectivity index (χ0) is 33.1. The average Bonchev–Trinajstić information content (AvgIpc) is 3.71. The number of fused-ring (bicyclic) bond motifs is 2. The number of para-hydroxylation sites is 5. The van der Waals surface area contributed by atoms with Gasteiger partial charge < -0.3 is 15.0 Å². The molecule has 0 saturated carbocycles. The van der Waals surface area contributed by atoms with Gasteiger partial charge in [-0.05, 0) is 42.0 Å². The van der Waals surface area contributed by atoms with Crippen molar-refractivity contribution in [1.82, 2.24) is 9.55 Å². The van der Waals surface area contributed by atoms with Crippen LogP contribution in [-0.2, 0) is 21.1 Å². The van der Waals surface area contributed by atoms with Crippen molar-refractivity contribution < 1.29 is 29.9 Å². The first-order valence-corrected chi connectivity index (χ1v) is 14.6. The van der Waals surface area contributed by atoms with Gasteiger partial charge in [0.1, 0.15) is 5.52 Å². The Morgan fingerprint density at radius 2 is 1.54 bits per heavy atom. The number of anilines is 3. The third-order valence-corrected chi connectivity index (χ3v) is 7.48. The fraction of sp³-hybridized carbons (Fsp3) is 0.0500. The number of benzene rings is 6. The number of ether oxygens (including phenoxy) is 1. The van der Waals surface area contributed by atoms with Gasteiger partial charge in [0.05, 0.1) is 11.2 Å². The normalized spacial score (nSPS) is 12.8. The molecule has 8 rings (SSSR count). The molecule has 0 saturated heterocycles. The Balaban J connectivity index is 0.000000198. The third kappa shape index (κ3) is 6.33. The number of nitrogens with one attached hydrogen (secondary N) is 1. The van der Waals surface area contributed by atoms with E-state index < -0.39 is 6.85 Å². The van der Waals surface area contributed by atoms with Gasteiger partial charge in [-0.3, -0.25) is 4.57 Å². The molecule has 2 heterocycles. The number of aryl methyl sites for hydroxylation is 2. The first kappa shape index (κ1) is 27.2. The summed E-state index contributed by atoms with van der Waals surface area (Å²) in [6.07, 6.45) is 0. The third-order valence-electron chi connectivity index (χ3n) is 7.48. The van der Waals surface area contributed by atoms with E-state index in [1.807, 2.05) is 127 Å². The molecule has 1 N–H and O–H groups in total. The smallest absolute Gasteiger partial charge is 0.305 e. The second-order valence-electron chi connectivity index (χ2n) is 10.5. The van der Waals surface area contributed by atoms with E-state index in [9.17, 15) is 0 Å². The zero-order valence-corrected chi connectivity index (χ0v) is 27.2. The molecule has 230 valence electrons. The van der Waals surface area contributed by atoms with E-state index in [1.165, 1.54) is 0 Å². The number of hydrogen-bond donors (Lipinski definition) is 1. The van der Waals surface area contributed by atoms with Crippen molar-refractivity contribution in [3.05, 3.63) is 169 Å². The molecule has 0 radical (unpaired) electrons. The molecule has 0 fully saturated rings. The maximum atomic E-state index is 7.55. The van der Waals surface area contributed by atoms with Gasteiger partial charge in [-0.1, -0.05) is 80.5 Å². The van der Waals surface area contributed by atoms with Crippen LogP contribution in [0.1, 0.15) is 15.2 Å². The van der Waals surface area contributed by atoms with Crippen LogP contribution in [0.15, 0.2) is 140 Å². The molecule has 0 spiro atoms. The molecule has 0 atom stereocenters. The van der Waals surface area contributed by atoms with Gasteiger partial charge in [-0.2, -0.15) is 59.2 Å². The monoisotopic (exact) mass is 781 g/mol. The molecule has 1 aliphatic rings. The summed E-state index contributed by atoms with van der Waals surface area (Å²) in [4.78, 5) is 7.06. The molecule has 0 bridgehead atoms. The Labute approximate surface area is 288 Å². The largest absolute Gasteiger partial charge is 0.514 e. The first-order chi connectivity index (χ1) is 23.4. The van der Waals surface area contributed by atoms with Crippen LogP contribution >= 0.6 is 0 Å². The molecular formula is C40H31N4OPt-3. The van der Waals surface area contributed by atoms with E-state index in [2.05, 4.69) is 46.6 Å². The van der Waals surface area contributed by atoms with Gasteiger partial charge in [0.2, 0.25) is 0 Å². The van der Waals surface area contributed by atoms with E-state index in [1.54, 1.807) is 6.07 Å². The molecule has 6 heteroatoms. The quantitative estimate of drug-likeness (QED) is 0.177. The van der Waals surface area contributed by atoms with Crippen molar-refractivity contribution in [2.45, 2.75) is 13.8 Å². The Morgan fingerprint density at radius 1 is 0.804 bits per heavy atom. The minimum absolute atomic E-state index is 0. The molecule has 1 aliphatic heterocycles. The minimum atomic E-state index is -2.10. The Morgan fingerprint density at radius 3 is 2.33 bits per heavy atom. The molecule has 5 nitrogen and oxygen atoms in total. The molecule has 0 amide bonds. The van der Waals surface area contributed by atoms with Crippen molar-refractivity contribution in [1.29, 1.82) is 0 Å². The van der Waals surface area contributed by atoms with Crippen LogP contribution in [0.4, 0.5) is 17.1 Å². The van der Waals surface area contributed by atoms with Crippen LogP contribution in [0.2, 0.25) is 0 Å². The van der Waals surface area contributed by atoms with Gasteiger partial charge in [-0.15, -0.1) is 17.7 Å². The second kappa shape index (κ2) is 13.9. The second-order valence-corrected chi connectivity index (χ2v) is 10.5. The molecule has 0 unspecified atom stereocenters. The molecule has 0 aliphatic carbocycles. The van der Waals surface area contributed by atoms with Crippen LogP contribution in [0.5, 0.6) is 11.8 Å². The van der Waals surface area contributed by atoms with Crippen LogP contribution in [-0.4, -0.2) is 9.55 Å². The summed E-state index contributed by atoms with van der Waals surface area (Å²) in [6, 6.07) is 51.7. The maximum Gasteiger partial charge on any atom is 0.305 e. The van der Waals surface area contributed by atoms with Crippen molar-refractivity contribution in [2.75, 3.05) is 10.2 Å². The fourth-order valence-electron chi connectivity index (χ4n) is 5.36. The molecule has 6 aromatic carbocycles. The van der Waals surface area contributed by atoms with Crippen molar-refractivity contribution in [2.24, 2.45) is 0 Å².